The van der Waals surface area contributed by atoms with Crippen LogP contribution in [-0.2, 0) is 19.2 Å². The van der Waals surface area contributed by atoms with Gasteiger partial charge in [-0.1, -0.05) is 34.6 Å². The number of nitrogens with zero attached hydrogens (tertiary/aromatic N) is 1. The molecule has 0 spiro atoms. The van der Waals surface area contributed by atoms with Gasteiger partial charge in [-0.3, -0.25) is 19.2 Å². The maximum absolute atomic E-state index is 13.3. The lowest BCUT2D eigenvalue weighted by Crippen LogP contribution is -2.59. The minimum absolute atomic E-state index is 0.0110. The van der Waals surface area contributed by atoms with Crippen molar-refractivity contribution in [3.63, 3.8) is 0 Å². The Labute approximate surface area is 177 Å². The number of primary amides is 1. The summed E-state index contributed by atoms with van der Waals surface area (Å²) in [4.78, 5) is 51.8. The van der Waals surface area contributed by atoms with Crippen LogP contribution in [0.3, 0.4) is 0 Å². The third-order valence-corrected chi connectivity index (χ3v) is 7.30. The Bertz CT molecular complexity index is 759. The Morgan fingerprint density at radius 3 is 2.43 bits per heavy atom. The molecule has 0 aromatic carbocycles. The van der Waals surface area contributed by atoms with Crippen LogP contribution in [-0.4, -0.2) is 59.7 Å². The van der Waals surface area contributed by atoms with Crippen LogP contribution in [0.2, 0.25) is 0 Å². The van der Waals surface area contributed by atoms with Crippen LogP contribution in [0.4, 0.5) is 0 Å². The normalized spacial score (nSPS) is 31.5. The highest BCUT2D eigenvalue weighted by atomic mass is 16.2. The fraction of sp³-hybridized carbons (Fsp3) is 0.810. The standard InChI is InChI=1S/C21H35N5O4/c1-20(2,3)15(22)19(30)26-9-11-13(21(11,4)5)14(26)18(29)25-12(16(23)27)8-10-6-7-24-17(10)28/h10-15H,6-9,22H2,1-5H3,(H2,23,27)(H,24,28)(H,25,29)/t10-,11-,12-,13-,14-,15+/m0/s1. The van der Waals surface area contributed by atoms with Gasteiger partial charge in [0.2, 0.25) is 23.6 Å². The molecular formula is C21H35N5O4. The van der Waals surface area contributed by atoms with Crippen molar-refractivity contribution in [3.8, 4) is 0 Å². The molecular weight excluding hydrogens is 386 g/mol. The van der Waals surface area contributed by atoms with Gasteiger partial charge in [0.15, 0.2) is 0 Å². The molecule has 9 nitrogen and oxygen atoms in total. The van der Waals surface area contributed by atoms with Gasteiger partial charge in [-0.2, -0.15) is 0 Å². The molecule has 2 heterocycles. The third kappa shape index (κ3) is 3.91. The van der Waals surface area contributed by atoms with Gasteiger partial charge in [-0.15, -0.1) is 0 Å². The first kappa shape index (κ1) is 22.5. The molecule has 0 radical (unpaired) electrons. The van der Waals surface area contributed by atoms with Crippen molar-refractivity contribution >= 4 is 23.6 Å². The van der Waals surface area contributed by atoms with Crippen LogP contribution >= 0.6 is 0 Å². The summed E-state index contributed by atoms with van der Waals surface area (Å²) in [6.45, 7) is 10.9. The number of nitrogens with two attached hydrogens (primary N) is 2. The number of nitrogens with one attached hydrogen (secondary N) is 2. The van der Waals surface area contributed by atoms with Gasteiger partial charge >= 0.3 is 0 Å². The SMILES string of the molecule is CC(C)(C)[C@H](N)C(=O)N1C[C@H]2[C@@H]([C@H]1C(=O)N[C@@H](C[C@@H]1CCNC1=O)C(N)=O)C2(C)C. The van der Waals surface area contributed by atoms with E-state index in [1.807, 2.05) is 20.8 Å². The van der Waals surface area contributed by atoms with E-state index in [1.165, 1.54) is 0 Å². The molecule has 0 aromatic rings. The summed E-state index contributed by atoms with van der Waals surface area (Å²) in [7, 11) is 0. The number of piperidine rings is 1. The van der Waals surface area contributed by atoms with Gasteiger partial charge in [-0.25, -0.2) is 0 Å². The zero-order valence-corrected chi connectivity index (χ0v) is 18.5. The molecule has 6 atom stereocenters. The van der Waals surface area contributed by atoms with E-state index in [0.29, 0.717) is 19.5 Å². The average molecular weight is 422 g/mol. The number of likely N-dealkylation sites (tertiary alicyclic amines) is 1. The molecule has 1 aliphatic carbocycles. The van der Waals surface area contributed by atoms with Crippen LogP contribution in [0, 0.1) is 28.6 Å². The topological polar surface area (TPSA) is 148 Å². The summed E-state index contributed by atoms with van der Waals surface area (Å²) in [6.07, 6.45) is 0.761. The molecule has 1 saturated carbocycles. The van der Waals surface area contributed by atoms with Crippen LogP contribution in [0.5, 0.6) is 0 Å². The maximum atomic E-state index is 13.3. The Hall–Kier alpha value is -2.16. The van der Waals surface area contributed by atoms with Crippen LogP contribution in [0.25, 0.3) is 0 Å². The third-order valence-electron chi connectivity index (χ3n) is 7.30. The van der Waals surface area contributed by atoms with E-state index < -0.39 is 35.4 Å². The number of rotatable bonds is 6. The van der Waals surface area contributed by atoms with Gasteiger partial charge in [0.1, 0.15) is 12.1 Å². The monoisotopic (exact) mass is 421 g/mol. The second-order valence-corrected chi connectivity index (χ2v) is 10.7. The first-order chi connectivity index (χ1) is 13.8. The number of hydrogen-bond donors (Lipinski definition) is 4. The molecule has 30 heavy (non-hydrogen) atoms. The molecule has 9 heteroatoms. The molecule has 168 valence electrons. The van der Waals surface area contributed by atoms with Gasteiger partial charge in [0, 0.05) is 19.0 Å². The van der Waals surface area contributed by atoms with Crippen LogP contribution in [0.15, 0.2) is 0 Å². The zero-order chi connectivity index (χ0) is 22.6. The molecule has 4 amide bonds. The van der Waals surface area contributed by atoms with Crippen LogP contribution < -0.4 is 22.1 Å². The minimum Gasteiger partial charge on any atom is -0.368 e. The fourth-order valence-electron chi connectivity index (χ4n) is 5.02. The van der Waals surface area contributed by atoms with Crippen molar-refractivity contribution in [3.05, 3.63) is 0 Å². The van der Waals surface area contributed by atoms with Crippen molar-refractivity contribution in [1.82, 2.24) is 15.5 Å². The summed E-state index contributed by atoms with van der Waals surface area (Å²) in [5, 5.41) is 5.46. The molecule has 3 rings (SSSR count). The lowest BCUT2D eigenvalue weighted by Gasteiger charge is -2.36. The number of amides is 4. The number of hydrogen-bond acceptors (Lipinski definition) is 5. The Balaban J connectivity index is 1.77. The van der Waals surface area contributed by atoms with E-state index in [4.69, 9.17) is 11.5 Å². The van der Waals surface area contributed by atoms with Crippen molar-refractivity contribution in [2.75, 3.05) is 13.1 Å². The highest BCUT2D eigenvalue weighted by Crippen LogP contribution is 2.65. The molecule has 3 aliphatic rings. The summed E-state index contributed by atoms with van der Waals surface area (Å²) in [5.74, 6) is -1.59. The van der Waals surface area contributed by atoms with Gasteiger partial charge in [-0.05, 0) is 35.5 Å². The van der Waals surface area contributed by atoms with E-state index in [0.717, 1.165) is 0 Å². The molecule has 6 N–H and O–H groups in total. The molecule has 0 bridgehead atoms. The van der Waals surface area contributed by atoms with Gasteiger partial charge < -0.3 is 27.0 Å². The van der Waals surface area contributed by atoms with Crippen molar-refractivity contribution < 1.29 is 19.2 Å². The van der Waals surface area contributed by atoms with E-state index in [9.17, 15) is 19.2 Å². The number of fused-ring (bicyclic) bond motifs is 1. The van der Waals surface area contributed by atoms with Crippen molar-refractivity contribution in [1.29, 1.82) is 0 Å². The second kappa shape index (κ2) is 7.51. The van der Waals surface area contributed by atoms with E-state index in [1.54, 1.807) is 4.90 Å². The van der Waals surface area contributed by atoms with E-state index >= 15 is 0 Å². The molecule has 0 aromatic heterocycles. The van der Waals surface area contributed by atoms with Crippen LogP contribution in [0.1, 0.15) is 47.5 Å². The Morgan fingerprint density at radius 1 is 1.30 bits per heavy atom. The van der Waals surface area contributed by atoms with Gasteiger partial charge in [0.25, 0.3) is 0 Å². The summed E-state index contributed by atoms with van der Waals surface area (Å²) >= 11 is 0. The summed E-state index contributed by atoms with van der Waals surface area (Å²) in [5.41, 5.74) is 11.2. The molecule has 2 aliphatic heterocycles. The lowest BCUT2D eigenvalue weighted by molar-refractivity contribution is -0.143. The maximum Gasteiger partial charge on any atom is 0.243 e. The molecule has 3 fully saturated rings. The largest absolute Gasteiger partial charge is 0.368 e. The lowest BCUT2D eigenvalue weighted by atomic mass is 9.86. The summed E-state index contributed by atoms with van der Waals surface area (Å²) in [6, 6.07) is -2.38. The van der Waals surface area contributed by atoms with Crippen molar-refractivity contribution in [2.45, 2.75) is 65.6 Å². The van der Waals surface area contributed by atoms with E-state index in [2.05, 4.69) is 24.5 Å². The van der Waals surface area contributed by atoms with Gasteiger partial charge in [0.05, 0.1) is 6.04 Å². The average Bonchev–Trinajstić information content (AvgIpc) is 3.01. The van der Waals surface area contributed by atoms with E-state index in [-0.39, 0.29) is 41.4 Å². The number of carbonyl (C=O) groups excluding carboxylic acids is 4. The fourth-order valence-corrected chi connectivity index (χ4v) is 5.02. The first-order valence-electron chi connectivity index (χ1n) is 10.7. The number of carbonyl (C=O) groups is 4. The quantitative estimate of drug-likeness (QED) is 0.449. The molecule has 2 saturated heterocycles. The zero-order valence-electron chi connectivity index (χ0n) is 18.5. The highest BCUT2D eigenvalue weighted by Gasteiger charge is 2.69. The first-order valence-corrected chi connectivity index (χ1v) is 10.7. The summed E-state index contributed by atoms with van der Waals surface area (Å²) < 4.78 is 0. The van der Waals surface area contributed by atoms with Crippen molar-refractivity contribution in [2.24, 2.45) is 40.1 Å². The predicted molar refractivity (Wildman–Crippen MR) is 111 cm³/mol. The predicted octanol–water partition coefficient (Wildman–Crippen LogP) is -0.661. The molecule has 0 unspecified atom stereocenters. The smallest absolute Gasteiger partial charge is 0.243 e. The highest BCUT2D eigenvalue weighted by molar-refractivity contribution is 5.94. The minimum atomic E-state index is -0.958. The Morgan fingerprint density at radius 2 is 1.93 bits per heavy atom. The Kier molecular flexibility index (Phi) is 5.64. The second-order valence-electron chi connectivity index (χ2n) is 10.7.